The molecule has 166 valence electrons. The molecule has 2 aliphatic carbocycles. The van der Waals surface area contributed by atoms with Crippen molar-refractivity contribution in [2.24, 2.45) is 29.1 Å². The van der Waals surface area contributed by atoms with Crippen LogP contribution in [0.2, 0.25) is 0 Å². The molecule has 4 N–H and O–H groups in total. The summed E-state index contributed by atoms with van der Waals surface area (Å²) in [6.45, 7) is 5.80. The second kappa shape index (κ2) is 7.73. The van der Waals surface area contributed by atoms with Gasteiger partial charge in [0.2, 0.25) is 0 Å². The van der Waals surface area contributed by atoms with Crippen molar-refractivity contribution in [1.29, 1.82) is 0 Å². The number of carbonyl (C=O) groups excluding carboxylic acids is 1. The van der Waals surface area contributed by atoms with Gasteiger partial charge in [-0.05, 0) is 37.5 Å². The third-order valence-electron chi connectivity index (χ3n) is 8.28. The molecule has 12 atom stereocenters. The minimum atomic E-state index is -1.47. The van der Waals surface area contributed by atoms with Gasteiger partial charge in [0.25, 0.3) is 0 Å². The van der Waals surface area contributed by atoms with E-state index >= 15 is 0 Å². The molecule has 2 aliphatic heterocycles. The lowest BCUT2D eigenvalue weighted by Gasteiger charge is -2.46. The second-order valence-electron chi connectivity index (χ2n) is 9.74. The number of fused-ring (bicyclic) bond motifs is 3. The average molecular weight is 414 g/mol. The van der Waals surface area contributed by atoms with Gasteiger partial charge < -0.3 is 34.6 Å². The van der Waals surface area contributed by atoms with E-state index in [1.807, 2.05) is 6.92 Å². The molecular formula is C21H34O8. The summed E-state index contributed by atoms with van der Waals surface area (Å²) >= 11 is 0. The normalized spacial score (nSPS) is 55.1. The van der Waals surface area contributed by atoms with Gasteiger partial charge in [-0.25, -0.2) is 0 Å². The first-order valence-corrected chi connectivity index (χ1v) is 10.9. The predicted octanol–water partition coefficient (Wildman–Crippen LogP) is 0.195. The highest BCUT2D eigenvalue weighted by molar-refractivity contribution is 5.75. The van der Waals surface area contributed by atoms with E-state index in [2.05, 4.69) is 13.8 Å². The van der Waals surface area contributed by atoms with Gasteiger partial charge in [-0.1, -0.05) is 20.8 Å². The molecule has 2 saturated heterocycles. The first kappa shape index (κ1) is 21.5. The molecule has 4 fully saturated rings. The Balaban J connectivity index is 1.60. The van der Waals surface area contributed by atoms with Crippen molar-refractivity contribution in [3.05, 3.63) is 0 Å². The minimum Gasteiger partial charge on any atom is -0.461 e. The molecular weight excluding hydrogens is 380 g/mol. The zero-order valence-corrected chi connectivity index (χ0v) is 17.3. The van der Waals surface area contributed by atoms with Crippen LogP contribution in [0.1, 0.15) is 46.5 Å². The number of aliphatic hydroxyl groups excluding tert-OH is 4. The van der Waals surface area contributed by atoms with E-state index < -0.39 is 42.7 Å². The number of esters is 1. The van der Waals surface area contributed by atoms with E-state index in [-0.39, 0.29) is 30.0 Å². The Hall–Kier alpha value is -0.770. The maximum Gasteiger partial charge on any atom is 0.309 e. The lowest BCUT2D eigenvalue weighted by molar-refractivity contribution is -0.321. The van der Waals surface area contributed by atoms with Gasteiger partial charge in [-0.15, -0.1) is 0 Å². The first-order valence-electron chi connectivity index (χ1n) is 10.9. The lowest BCUT2D eigenvalue weighted by Crippen LogP contribution is -2.60. The summed E-state index contributed by atoms with van der Waals surface area (Å²) in [6.07, 6.45) is -3.44. The van der Waals surface area contributed by atoms with Crippen LogP contribution in [0, 0.1) is 29.1 Å². The van der Waals surface area contributed by atoms with Crippen molar-refractivity contribution >= 4 is 5.97 Å². The zero-order valence-electron chi connectivity index (χ0n) is 17.3. The van der Waals surface area contributed by atoms with Gasteiger partial charge in [0.15, 0.2) is 6.29 Å². The number of ether oxygens (including phenoxy) is 3. The maximum absolute atomic E-state index is 12.4. The Labute approximate surface area is 171 Å². The summed E-state index contributed by atoms with van der Waals surface area (Å²) < 4.78 is 17.7. The van der Waals surface area contributed by atoms with Gasteiger partial charge in [-0.3, -0.25) is 4.79 Å². The number of hydrogen-bond donors (Lipinski definition) is 4. The molecule has 0 aromatic heterocycles. The van der Waals surface area contributed by atoms with E-state index in [0.717, 1.165) is 25.7 Å². The smallest absolute Gasteiger partial charge is 0.309 e. The Bertz CT molecular complexity index is 626. The predicted molar refractivity (Wildman–Crippen MR) is 100 cm³/mol. The maximum atomic E-state index is 12.4. The molecule has 0 unspecified atom stereocenters. The molecule has 2 heterocycles. The zero-order chi connectivity index (χ0) is 21.1. The van der Waals surface area contributed by atoms with Crippen LogP contribution in [0.15, 0.2) is 0 Å². The molecule has 0 bridgehead atoms. The van der Waals surface area contributed by atoms with Crippen molar-refractivity contribution in [2.45, 2.75) is 89.4 Å². The van der Waals surface area contributed by atoms with Crippen molar-refractivity contribution in [3.8, 4) is 0 Å². The fourth-order valence-corrected chi connectivity index (χ4v) is 6.44. The van der Waals surface area contributed by atoms with Gasteiger partial charge in [0.1, 0.15) is 30.5 Å². The second-order valence-corrected chi connectivity index (χ2v) is 9.74. The first-order chi connectivity index (χ1) is 13.7. The Kier molecular flexibility index (Phi) is 5.72. The Morgan fingerprint density at radius 2 is 1.79 bits per heavy atom. The molecule has 4 aliphatic rings. The third kappa shape index (κ3) is 3.23. The van der Waals surface area contributed by atoms with E-state index in [1.165, 1.54) is 0 Å². The molecule has 4 rings (SSSR count). The summed E-state index contributed by atoms with van der Waals surface area (Å²) in [5.74, 6) is 0.605. The summed E-state index contributed by atoms with van der Waals surface area (Å²) in [4.78, 5) is 12.4. The monoisotopic (exact) mass is 414 g/mol. The van der Waals surface area contributed by atoms with Crippen LogP contribution >= 0.6 is 0 Å². The highest BCUT2D eigenvalue weighted by atomic mass is 16.7. The summed E-state index contributed by atoms with van der Waals surface area (Å²) in [5, 5.41) is 40.0. The molecule has 0 amide bonds. The Morgan fingerprint density at radius 3 is 2.48 bits per heavy atom. The van der Waals surface area contributed by atoms with Crippen LogP contribution in [-0.2, 0) is 19.0 Å². The molecule has 0 spiro atoms. The molecule has 8 nitrogen and oxygen atoms in total. The molecule has 0 radical (unpaired) electrons. The topological polar surface area (TPSA) is 126 Å². The molecule has 29 heavy (non-hydrogen) atoms. The molecule has 0 aromatic carbocycles. The van der Waals surface area contributed by atoms with E-state index in [4.69, 9.17) is 14.2 Å². The minimum absolute atomic E-state index is 0.138. The quantitative estimate of drug-likeness (QED) is 0.483. The van der Waals surface area contributed by atoms with Crippen molar-refractivity contribution in [1.82, 2.24) is 0 Å². The SMILES string of the molecule is C[C@@H]1CC[C@H]2[C@H](C)C(=O)O[C@H]2[C@@]2(C)[C@@H](O[C@@H]3O[C@H](CO)[C@@H](O)[C@H](O)[C@H]3O)CC[C@@H]12. The molecule has 8 heteroatoms. The average Bonchev–Trinajstić information content (AvgIpc) is 3.14. The van der Waals surface area contributed by atoms with Crippen molar-refractivity contribution < 1.29 is 39.4 Å². The Morgan fingerprint density at radius 1 is 1.07 bits per heavy atom. The van der Waals surface area contributed by atoms with Gasteiger partial charge >= 0.3 is 5.97 Å². The van der Waals surface area contributed by atoms with Gasteiger partial charge in [0.05, 0.1) is 18.6 Å². The van der Waals surface area contributed by atoms with Crippen molar-refractivity contribution in [2.75, 3.05) is 6.61 Å². The van der Waals surface area contributed by atoms with Crippen LogP contribution < -0.4 is 0 Å². The molecule has 0 aromatic rings. The van der Waals surface area contributed by atoms with Crippen LogP contribution in [0.5, 0.6) is 0 Å². The van der Waals surface area contributed by atoms with E-state index in [9.17, 15) is 25.2 Å². The van der Waals surface area contributed by atoms with Crippen molar-refractivity contribution in [3.63, 3.8) is 0 Å². The highest BCUT2D eigenvalue weighted by Crippen LogP contribution is 2.59. The number of carbonyl (C=O) groups is 1. The van der Waals surface area contributed by atoms with Crippen LogP contribution in [0.4, 0.5) is 0 Å². The van der Waals surface area contributed by atoms with Gasteiger partial charge in [0, 0.05) is 11.3 Å². The standard InChI is InChI=1S/C21H34O8/c1-9-4-5-11-10(2)19(26)29-18(11)21(3)12(9)6-7-14(21)28-20-17(25)16(24)15(23)13(8-22)27-20/h9-18,20,22-25H,4-8H2,1-3H3/t9-,10+,11+,12+,13-,14+,15-,16+,17-,18-,20+,21-/m1/s1. The number of aliphatic hydroxyl groups is 4. The van der Waals surface area contributed by atoms with E-state index in [1.54, 1.807) is 0 Å². The van der Waals surface area contributed by atoms with Crippen LogP contribution in [0.3, 0.4) is 0 Å². The fraction of sp³-hybridized carbons (Fsp3) is 0.952. The van der Waals surface area contributed by atoms with E-state index in [0.29, 0.717) is 11.8 Å². The summed E-state index contributed by atoms with van der Waals surface area (Å²) in [6, 6.07) is 0. The number of hydrogen-bond acceptors (Lipinski definition) is 8. The third-order valence-corrected chi connectivity index (χ3v) is 8.28. The number of rotatable bonds is 3. The van der Waals surface area contributed by atoms with Crippen LogP contribution in [0.25, 0.3) is 0 Å². The molecule has 2 saturated carbocycles. The lowest BCUT2D eigenvalue weighted by atomic mass is 9.67. The highest BCUT2D eigenvalue weighted by Gasteiger charge is 2.63. The largest absolute Gasteiger partial charge is 0.461 e. The van der Waals surface area contributed by atoms with Gasteiger partial charge in [-0.2, -0.15) is 0 Å². The summed E-state index contributed by atoms with van der Waals surface area (Å²) in [7, 11) is 0. The van der Waals surface area contributed by atoms with Crippen LogP contribution in [-0.4, -0.2) is 75.9 Å². The summed E-state index contributed by atoms with van der Waals surface area (Å²) in [5.41, 5.74) is -0.431. The fourth-order valence-electron chi connectivity index (χ4n) is 6.44.